The number of nitrogens with zero attached hydrogens (tertiary/aromatic N) is 1. The fourth-order valence-corrected chi connectivity index (χ4v) is 1.34. The first kappa shape index (κ1) is 11.1. The fourth-order valence-electron chi connectivity index (χ4n) is 1.08. The maximum absolute atomic E-state index is 10.7. The Balaban J connectivity index is 2.96. The van der Waals surface area contributed by atoms with Gasteiger partial charge in [-0.2, -0.15) is 0 Å². The van der Waals surface area contributed by atoms with Crippen molar-refractivity contribution in [2.24, 2.45) is 5.73 Å². The molecule has 4 nitrogen and oxygen atoms in total. The van der Waals surface area contributed by atoms with Crippen molar-refractivity contribution in [1.29, 1.82) is 0 Å². The fraction of sp³-hybridized carbons (Fsp3) is 0.333. The molecule has 0 saturated carbocycles. The Hall–Kier alpha value is -0.940. The van der Waals surface area contributed by atoms with Crippen molar-refractivity contribution in [3.63, 3.8) is 0 Å². The van der Waals surface area contributed by atoms with Gasteiger partial charge in [0.2, 0.25) is 0 Å². The summed E-state index contributed by atoms with van der Waals surface area (Å²) in [5, 5.41) is 10.7. The van der Waals surface area contributed by atoms with Gasteiger partial charge in [-0.3, -0.25) is 10.1 Å². The summed E-state index contributed by atoms with van der Waals surface area (Å²) in [5.41, 5.74) is 6.52. The summed E-state index contributed by atoms with van der Waals surface area (Å²) in [6.07, 6.45) is 0. The molecule has 0 spiro atoms. The number of nitro groups is 1. The smallest absolute Gasteiger partial charge is 0.290 e. The zero-order valence-corrected chi connectivity index (χ0v) is 9.27. The highest BCUT2D eigenvalue weighted by Gasteiger charge is 2.41. The lowest BCUT2D eigenvalue weighted by Gasteiger charge is -2.21. The number of rotatable bonds is 3. The van der Waals surface area contributed by atoms with Crippen LogP contribution in [-0.4, -0.2) is 9.37 Å². The Morgan fingerprint density at radius 2 is 2.00 bits per heavy atom. The predicted octanol–water partition coefficient (Wildman–Crippen LogP) is 2.07. The van der Waals surface area contributed by atoms with Crippen LogP contribution in [0, 0.1) is 10.1 Å². The van der Waals surface area contributed by atoms with Crippen molar-refractivity contribution in [3.8, 4) is 0 Å². The summed E-state index contributed by atoms with van der Waals surface area (Å²) in [7, 11) is 0. The van der Waals surface area contributed by atoms with Crippen LogP contribution in [0.3, 0.4) is 0 Å². The van der Waals surface area contributed by atoms with Gasteiger partial charge in [-0.1, -0.05) is 30.3 Å². The molecule has 1 aromatic carbocycles. The molecule has 14 heavy (non-hydrogen) atoms. The normalized spacial score (nSPS) is 17.1. The van der Waals surface area contributed by atoms with E-state index in [4.69, 9.17) is 5.73 Å². The second-order valence-corrected chi connectivity index (χ2v) is 4.77. The van der Waals surface area contributed by atoms with Gasteiger partial charge in [-0.25, -0.2) is 0 Å². The number of nitrogens with two attached hydrogens (primary N) is 1. The van der Waals surface area contributed by atoms with Crippen LogP contribution in [0.25, 0.3) is 0 Å². The van der Waals surface area contributed by atoms with Crippen molar-refractivity contribution in [3.05, 3.63) is 46.0 Å². The molecular weight excluding hydrogens is 248 g/mol. The van der Waals surface area contributed by atoms with Crippen LogP contribution in [0.15, 0.2) is 30.3 Å². The van der Waals surface area contributed by atoms with E-state index in [2.05, 4.69) is 15.9 Å². The highest BCUT2D eigenvalue weighted by atomic mass is 79.9. The molecule has 0 fully saturated rings. The van der Waals surface area contributed by atoms with E-state index in [1.807, 2.05) is 6.07 Å². The van der Waals surface area contributed by atoms with E-state index in [0.717, 1.165) is 5.56 Å². The summed E-state index contributed by atoms with van der Waals surface area (Å²) in [5.74, 6) is 0. The van der Waals surface area contributed by atoms with E-state index in [9.17, 15) is 10.1 Å². The van der Waals surface area contributed by atoms with Gasteiger partial charge in [0, 0.05) is 27.8 Å². The molecule has 0 radical (unpaired) electrons. The topological polar surface area (TPSA) is 69.2 Å². The Morgan fingerprint density at radius 1 is 1.50 bits per heavy atom. The molecule has 0 aliphatic carbocycles. The standard InChI is InChI=1S/C9H11BrN2O2/c1-9(10,12(13)14)8(11)7-5-3-2-4-6-7/h2-6,8H,11H2,1H3/t8-,9+/m1/s1. The Bertz CT molecular complexity index is 327. The van der Waals surface area contributed by atoms with E-state index < -0.39 is 15.4 Å². The van der Waals surface area contributed by atoms with Crippen LogP contribution in [-0.2, 0) is 0 Å². The van der Waals surface area contributed by atoms with Crippen molar-refractivity contribution in [2.75, 3.05) is 0 Å². The molecule has 0 aromatic heterocycles. The number of hydrogen-bond donors (Lipinski definition) is 1. The van der Waals surface area contributed by atoms with Gasteiger partial charge in [-0.15, -0.1) is 0 Å². The number of alkyl halides is 1. The van der Waals surface area contributed by atoms with Crippen LogP contribution >= 0.6 is 15.9 Å². The number of benzene rings is 1. The Kier molecular flexibility index (Phi) is 3.23. The van der Waals surface area contributed by atoms with Crippen LogP contribution in [0.1, 0.15) is 18.5 Å². The van der Waals surface area contributed by atoms with Crippen molar-refractivity contribution >= 4 is 15.9 Å². The molecular formula is C9H11BrN2O2. The Morgan fingerprint density at radius 3 is 2.43 bits per heavy atom. The van der Waals surface area contributed by atoms with Gasteiger partial charge in [0.15, 0.2) is 0 Å². The molecule has 2 atom stereocenters. The average Bonchev–Trinajstić information content (AvgIpc) is 2.17. The largest absolute Gasteiger partial charge is 0.317 e. The predicted molar refractivity (Wildman–Crippen MR) is 57.7 cm³/mol. The van der Waals surface area contributed by atoms with Gasteiger partial charge in [0.05, 0.1) is 0 Å². The molecule has 0 saturated heterocycles. The van der Waals surface area contributed by atoms with Crippen LogP contribution in [0.2, 0.25) is 0 Å². The number of halogens is 1. The number of hydrogen-bond acceptors (Lipinski definition) is 3. The van der Waals surface area contributed by atoms with E-state index in [-0.39, 0.29) is 0 Å². The van der Waals surface area contributed by atoms with Gasteiger partial charge >= 0.3 is 0 Å². The quantitative estimate of drug-likeness (QED) is 0.391. The summed E-state index contributed by atoms with van der Waals surface area (Å²) < 4.78 is -1.33. The lowest BCUT2D eigenvalue weighted by Crippen LogP contribution is -2.39. The first-order valence-electron chi connectivity index (χ1n) is 4.10. The van der Waals surface area contributed by atoms with Crippen molar-refractivity contribution in [1.82, 2.24) is 0 Å². The third-order valence-corrected chi connectivity index (χ3v) is 2.87. The lowest BCUT2D eigenvalue weighted by molar-refractivity contribution is -0.535. The van der Waals surface area contributed by atoms with Gasteiger partial charge < -0.3 is 5.73 Å². The van der Waals surface area contributed by atoms with Crippen molar-refractivity contribution < 1.29 is 4.92 Å². The summed E-state index contributed by atoms with van der Waals surface area (Å²) >= 11 is 3.02. The first-order valence-corrected chi connectivity index (χ1v) is 4.89. The second kappa shape index (κ2) is 4.06. The summed E-state index contributed by atoms with van der Waals surface area (Å²) in [4.78, 5) is 10.3. The maximum atomic E-state index is 10.7. The van der Waals surface area contributed by atoms with Crippen LogP contribution in [0.5, 0.6) is 0 Å². The van der Waals surface area contributed by atoms with E-state index in [1.54, 1.807) is 24.3 Å². The molecule has 0 aliphatic rings. The maximum Gasteiger partial charge on any atom is 0.290 e. The zero-order valence-electron chi connectivity index (χ0n) is 7.68. The molecule has 1 rings (SSSR count). The highest BCUT2D eigenvalue weighted by molar-refractivity contribution is 9.10. The molecule has 0 bridgehead atoms. The molecule has 0 unspecified atom stereocenters. The minimum absolute atomic E-state index is 0.426. The average molecular weight is 259 g/mol. The molecule has 5 heteroatoms. The minimum Gasteiger partial charge on any atom is -0.317 e. The third kappa shape index (κ3) is 2.10. The molecule has 2 N–H and O–H groups in total. The van der Waals surface area contributed by atoms with Gasteiger partial charge in [0.1, 0.15) is 6.04 Å². The second-order valence-electron chi connectivity index (χ2n) is 3.17. The monoisotopic (exact) mass is 258 g/mol. The molecule has 1 aromatic rings. The molecule has 0 aliphatic heterocycles. The van der Waals surface area contributed by atoms with Crippen molar-refractivity contribution in [2.45, 2.75) is 17.4 Å². The SMILES string of the molecule is C[C@@](Br)([C@H](N)c1ccccc1)[N+](=O)[O-]. The van der Waals surface area contributed by atoms with Gasteiger partial charge in [-0.05, 0) is 5.56 Å². The third-order valence-electron chi connectivity index (χ3n) is 2.08. The molecule has 0 amide bonds. The Labute approximate surface area is 90.4 Å². The van der Waals surface area contributed by atoms with E-state index in [1.165, 1.54) is 6.92 Å². The summed E-state index contributed by atoms with van der Waals surface area (Å²) in [6.45, 7) is 1.45. The highest BCUT2D eigenvalue weighted by Crippen LogP contribution is 2.31. The molecule has 76 valence electrons. The molecule has 0 heterocycles. The van der Waals surface area contributed by atoms with Crippen LogP contribution < -0.4 is 5.73 Å². The zero-order chi connectivity index (χ0) is 10.8. The van der Waals surface area contributed by atoms with Gasteiger partial charge in [0.25, 0.3) is 4.45 Å². The first-order chi connectivity index (χ1) is 6.46. The summed E-state index contributed by atoms with van der Waals surface area (Å²) in [6, 6.07) is 8.32. The van der Waals surface area contributed by atoms with Crippen LogP contribution in [0.4, 0.5) is 0 Å². The minimum atomic E-state index is -1.33. The van der Waals surface area contributed by atoms with E-state index >= 15 is 0 Å². The lowest BCUT2D eigenvalue weighted by atomic mass is 10.0. The van der Waals surface area contributed by atoms with E-state index in [0.29, 0.717) is 0 Å².